The molecular formula is C41H29Cl2NO5. The Labute approximate surface area is 293 Å². The molecule has 1 saturated carbocycles. The Kier molecular flexibility index (Phi) is 7.28. The van der Waals surface area contributed by atoms with E-state index in [1.807, 2.05) is 109 Å². The molecular weight excluding hydrogens is 657 g/mol. The highest BCUT2D eigenvalue weighted by atomic mass is 35.5. The number of Topliss-reactive ketones (excluding diaryl/α,β-unsaturated/α-hetero) is 1. The van der Waals surface area contributed by atoms with E-state index < -0.39 is 34.5 Å². The first-order valence-electron chi connectivity index (χ1n) is 15.8. The van der Waals surface area contributed by atoms with Gasteiger partial charge < -0.3 is 9.47 Å². The number of nitrogens with zero attached hydrogens (tertiary/aromatic N) is 1. The van der Waals surface area contributed by atoms with E-state index in [2.05, 4.69) is 0 Å². The van der Waals surface area contributed by atoms with Crippen LogP contribution in [0.3, 0.4) is 0 Å². The largest absolute Gasteiger partial charge is 0.497 e. The molecule has 0 N–H and O–H groups in total. The molecule has 2 bridgehead atoms. The zero-order valence-electron chi connectivity index (χ0n) is 26.5. The maximum Gasteiger partial charge on any atom is 0.239 e. The summed E-state index contributed by atoms with van der Waals surface area (Å²) in [6, 6.07) is 38.6. The molecule has 0 unspecified atom stereocenters. The number of ether oxygens (including phenoxy) is 2. The number of fused-ring (bicyclic) bond motifs is 5. The van der Waals surface area contributed by atoms with Crippen LogP contribution in [0.25, 0.3) is 11.1 Å². The summed E-state index contributed by atoms with van der Waals surface area (Å²) in [5.74, 6) is -2.13. The number of hydrogen-bond donors (Lipinski definition) is 0. The summed E-state index contributed by atoms with van der Waals surface area (Å²) >= 11 is 13.1. The van der Waals surface area contributed by atoms with Crippen LogP contribution in [0.15, 0.2) is 127 Å². The predicted octanol–water partition coefficient (Wildman–Crippen LogP) is 8.20. The van der Waals surface area contributed by atoms with E-state index in [-0.39, 0.29) is 21.5 Å². The molecule has 1 heterocycles. The summed E-state index contributed by atoms with van der Waals surface area (Å²) in [5, 5.41) is 0.299. The number of imide groups is 1. The highest BCUT2D eigenvalue weighted by Crippen LogP contribution is 2.74. The van der Waals surface area contributed by atoms with Crippen LogP contribution in [-0.2, 0) is 25.2 Å². The molecule has 49 heavy (non-hydrogen) atoms. The molecule has 2 amide bonds. The lowest BCUT2D eigenvalue weighted by Crippen LogP contribution is -2.45. The monoisotopic (exact) mass is 685 g/mol. The second-order valence-corrected chi connectivity index (χ2v) is 13.2. The molecule has 4 atom stereocenters. The van der Waals surface area contributed by atoms with Crippen molar-refractivity contribution in [3.8, 4) is 11.5 Å². The van der Waals surface area contributed by atoms with Gasteiger partial charge in [-0.15, -0.1) is 0 Å². The van der Waals surface area contributed by atoms with Gasteiger partial charge in [0.1, 0.15) is 11.5 Å². The van der Waals surface area contributed by atoms with Gasteiger partial charge in [0.25, 0.3) is 0 Å². The molecule has 8 heteroatoms. The van der Waals surface area contributed by atoms with Gasteiger partial charge >= 0.3 is 0 Å². The van der Waals surface area contributed by atoms with Crippen LogP contribution >= 0.6 is 23.2 Å². The summed E-state index contributed by atoms with van der Waals surface area (Å²) in [6.45, 7) is 0. The van der Waals surface area contributed by atoms with Crippen LogP contribution in [0.4, 0.5) is 5.69 Å². The van der Waals surface area contributed by atoms with Gasteiger partial charge in [-0.2, -0.15) is 0 Å². The molecule has 0 radical (unpaired) electrons. The van der Waals surface area contributed by atoms with E-state index in [4.69, 9.17) is 32.7 Å². The Morgan fingerprint density at radius 3 is 1.39 bits per heavy atom. The molecule has 6 nitrogen and oxygen atoms in total. The third kappa shape index (κ3) is 4.05. The van der Waals surface area contributed by atoms with Crippen molar-refractivity contribution in [1.82, 2.24) is 0 Å². The van der Waals surface area contributed by atoms with Crippen molar-refractivity contribution >= 4 is 57.6 Å². The first kappa shape index (κ1) is 31.1. The van der Waals surface area contributed by atoms with Crippen molar-refractivity contribution in [2.24, 2.45) is 11.8 Å². The standard InChI is InChI=1S/C41H29Cl2NO5/c1-48-28-20-16-24(17-21-28)32-33(25-18-22-29(49-2)23-19-25)41(27-12-7-4-8-13-27)35-34(40(32,39(41)47)26-10-5-3-6-11-26)37(45)44(38(35)46)31-15-9-14-30(42)36(31)43/h3-23,34-35H,1-2H3/t34-,35-,40-,41-/m1/s1. The molecule has 0 aromatic heterocycles. The lowest BCUT2D eigenvalue weighted by molar-refractivity contribution is -0.130. The second kappa shape index (κ2) is 11.5. The molecule has 2 fully saturated rings. The summed E-state index contributed by atoms with van der Waals surface area (Å²) in [7, 11) is 3.19. The Balaban J connectivity index is 1.55. The molecule has 3 aliphatic rings. The lowest BCUT2D eigenvalue weighted by atomic mass is 9.59. The van der Waals surface area contributed by atoms with Gasteiger partial charge in [0, 0.05) is 0 Å². The predicted molar refractivity (Wildman–Crippen MR) is 190 cm³/mol. The van der Waals surface area contributed by atoms with Gasteiger partial charge in [0.2, 0.25) is 11.8 Å². The molecule has 0 spiro atoms. The average Bonchev–Trinajstić information content (AvgIpc) is 3.65. The fourth-order valence-electron chi connectivity index (χ4n) is 8.54. The zero-order chi connectivity index (χ0) is 34.1. The summed E-state index contributed by atoms with van der Waals surface area (Å²) in [5.41, 5.74) is 1.14. The topological polar surface area (TPSA) is 72.9 Å². The molecule has 8 rings (SSSR count). The van der Waals surface area contributed by atoms with E-state index in [1.54, 1.807) is 32.4 Å². The number of anilines is 1. The first-order valence-corrected chi connectivity index (χ1v) is 16.6. The Bertz CT molecular complexity index is 2050. The van der Waals surface area contributed by atoms with Crippen LogP contribution in [0, 0.1) is 11.8 Å². The van der Waals surface area contributed by atoms with Gasteiger partial charge in [0.15, 0.2) is 5.78 Å². The molecule has 1 aliphatic heterocycles. The third-order valence-corrected chi connectivity index (χ3v) is 11.2. The number of allylic oxidation sites excluding steroid dienone is 2. The minimum absolute atomic E-state index is 0.0887. The fraction of sp³-hybridized carbons (Fsp3) is 0.146. The molecule has 2 aliphatic carbocycles. The smallest absolute Gasteiger partial charge is 0.239 e. The maximum atomic E-state index is 16.0. The molecule has 5 aromatic carbocycles. The molecule has 5 aromatic rings. The van der Waals surface area contributed by atoms with E-state index in [9.17, 15) is 0 Å². The molecule has 242 valence electrons. The number of ketones is 1. The third-order valence-electron chi connectivity index (χ3n) is 10.4. The fourth-order valence-corrected chi connectivity index (χ4v) is 8.92. The van der Waals surface area contributed by atoms with Crippen LogP contribution in [0.5, 0.6) is 11.5 Å². The summed E-state index contributed by atoms with van der Waals surface area (Å²) in [4.78, 5) is 47.5. The van der Waals surface area contributed by atoms with E-state index >= 15 is 14.4 Å². The average molecular weight is 687 g/mol. The SMILES string of the molecule is COc1ccc(C2=C(c3ccc(OC)cc3)[C@@]3(c4ccccc4)C(=O)[C@@]2(c2ccccc2)[C@H]2C(=O)N(c4cccc(Cl)c4Cl)C(=O)[C@@H]23)cc1. The van der Waals surface area contributed by atoms with Crippen molar-refractivity contribution in [2.75, 3.05) is 19.1 Å². The van der Waals surface area contributed by atoms with E-state index in [0.29, 0.717) is 33.8 Å². The number of carbonyl (C=O) groups excluding carboxylic acids is 3. The van der Waals surface area contributed by atoms with Crippen molar-refractivity contribution in [2.45, 2.75) is 10.8 Å². The Morgan fingerprint density at radius 2 is 0.980 bits per heavy atom. The van der Waals surface area contributed by atoms with E-state index in [0.717, 1.165) is 16.0 Å². The number of carbonyl (C=O) groups is 3. The van der Waals surface area contributed by atoms with Gasteiger partial charge in [-0.1, -0.05) is 114 Å². The van der Waals surface area contributed by atoms with Crippen molar-refractivity contribution in [3.63, 3.8) is 0 Å². The maximum absolute atomic E-state index is 16.0. The first-order chi connectivity index (χ1) is 23.8. The van der Waals surface area contributed by atoms with Crippen LogP contribution in [0.1, 0.15) is 22.3 Å². The quantitative estimate of drug-likeness (QED) is 0.162. The zero-order valence-corrected chi connectivity index (χ0v) is 28.0. The highest BCUT2D eigenvalue weighted by Gasteiger charge is 2.82. The second-order valence-electron chi connectivity index (χ2n) is 12.4. The van der Waals surface area contributed by atoms with Crippen molar-refractivity contribution in [3.05, 3.63) is 160 Å². The number of rotatable bonds is 7. The van der Waals surface area contributed by atoms with Crippen LogP contribution in [0.2, 0.25) is 10.0 Å². The van der Waals surface area contributed by atoms with Crippen molar-refractivity contribution < 1.29 is 23.9 Å². The Morgan fingerprint density at radius 1 is 0.551 bits per heavy atom. The minimum atomic E-state index is -1.56. The van der Waals surface area contributed by atoms with Gasteiger partial charge in [-0.3, -0.25) is 14.4 Å². The van der Waals surface area contributed by atoms with Crippen molar-refractivity contribution in [1.29, 1.82) is 0 Å². The van der Waals surface area contributed by atoms with Gasteiger partial charge in [0.05, 0.1) is 52.6 Å². The number of hydrogen-bond acceptors (Lipinski definition) is 5. The van der Waals surface area contributed by atoms with Crippen LogP contribution < -0.4 is 14.4 Å². The van der Waals surface area contributed by atoms with Crippen LogP contribution in [-0.4, -0.2) is 31.8 Å². The summed E-state index contributed by atoms with van der Waals surface area (Å²) < 4.78 is 11.0. The number of halogens is 2. The highest BCUT2D eigenvalue weighted by molar-refractivity contribution is 6.46. The summed E-state index contributed by atoms with van der Waals surface area (Å²) in [6.07, 6.45) is 0. The van der Waals surface area contributed by atoms with Gasteiger partial charge in [-0.25, -0.2) is 4.90 Å². The number of methoxy groups -OCH3 is 2. The normalized spacial score (nSPS) is 24.1. The number of amides is 2. The minimum Gasteiger partial charge on any atom is -0.497 e. The number of benzene rings is 5. The van der Waals surface area contributed by atoms with Gasteiger partial charge in [-0.05, 0) is 69.8 Å². The lowest BCUT2D eigenvalue weighted by Gasteiger charge is -2.39. The molecule has 1 saturated heterocycles. The Hall–Kier alpha value is -5.17. The van der Waals surface area contributed by atoms with E-state index in [1.165, 1.54) is 0 Å².